The predicted octanol–water partition coefficient (Wildman–Crippen LogP) is 0.464. The number of aromatic nitrogens is 2. The second-order valence-electron chi connectivity index (χ2n) is 2.87. The lowest BCUT2D eigenvalue weighted by Crippen LogP contribution is -2.34. The smallest absolute Gasteiger partial charge is 0.320 e. The van der Waals surface area contributed by atoms with Crippen molar-refractivity contribution in [3.63, 3.8) is 0 Å². The molecule has 0 saturated heterocycles. The zero-order chi connectivity index (χ0) is 10.3. The number of aliphatic carboxylic acids is 1. The summed E-state index contributed by atoms with van der Waals surface area (Å²) in [6.45, 7) is 3.55. The zero-order valence-corrected chi connectivity index (χ0v) is 7.77. The fourth-order valence-corrected chi connectivity index (χ4v) is 0.500. The highest BCUT2D eigenvalue weighted by Crippen LogP contribution is 1.96. The van der Waals surface area contributed by atoms with Crippen molar-refractivity contribution in [2.24, 2.45) is 11.7 Å². The molecule has 0 aliphatic carbocycles. The molecule has 0 aliphatic heterocycles. The van der Waals surface area contributed by atoms with Crippen molar-refractivity contribution in [2.45, 2.75) is 19.9 Å². The van der Waals surface area contributed by atoms with Crippen molar-refractivity contribution in [1.82, 2.24) is 10.2 Å². The van der Waals surface area contributed by atoms with Gasteiger partial charge in [-0.3, -0.25) is 9.89 Å². The Balaban J connectivity index is 0.000000243. The van der Waals surface area contributed by atoms with Gasteiger partial charge >= 0.3 is 5.97 Å². The van der Waals surface area contributed by atoms with Crippen LogP contribution in [0.1, 0.15) is 13.8 Å². The quantitative estimate of drug-likeness (QED) is 0.624. The Morgan fingerprint density at radius 3 is 2.31 bits per heavy atom. The van der Waals surface area contributed by atoms with E-state index in [4.69, 9.17) is 10.8 Å². The standard InChI is InChI=1S/C5H11NO2.C3H4N2/c1-3(2)4(6)5(7)8;1-2-4-5-3-1/h3-4H,6H2,1-2H3,(H,7,8);1-3H,(H,4,5). The minimum atomic E-state index is -0.931. The van der Waals surface area contributed by atoms with E-state index in [1.165, 1.54) is 0 Å². The van der Waals surface area contributed by atoms with E-state index in [0.29, 0.717) is 0 Å². The number of aromatic amines is 1. The first-order valence-electron chi connectivity index (χ1n) is 3.97. The lowest BCUT2D eigenvalue weighted by Gasteiger charge is -2.07. The van der Waals surface area contributed by atoms with Gasteiger partial charge in [-0.1, -0.05) is 13.8 Å². The van der Waals surface area contributed by atoms with Crippen LogP contribution in [0.25, 0.3) is 0 Å². The molecule has 1 unspecified atom stereocenters. The zero-order valence-electron chi connectivity index (χ0n) is 7.77. The Morgan fingerprint density at radius 1 is 1.62 bits per heavy atom. The molecule has 5 heteroatoms. The van der Waals surface area contributed by atoms with Gasteiger partial charge in [0.25, 0.3) is 0 Å². The highest BCUT2D eigenvalue weighted by molar-refractivity contribution is 5.73. The molecule has 1 rings (SSSR count). The molecule has 0 aliphatic rings. The molecule has 13 heavy (non-hydrogen) atoms. The number of rotatable bonds is 2. The number of hydrogen-bond acceptors (Lipinski definition) is 3. The Bertz CT molecular complexity index is 204. The summed E-state index contributed by atoms with van der Waals surface area (Å²) in [7, 11) is 0. The molecule has 1 aromatic heterocycles. The minimum absolute atomic E-state index is 0.0208. The van der Waals surface area contributed by atoms with Crippen LogP contribution in [0.3, 0.4) is 0 Å². The van der Waals surface area contributed by atoms with Gasteiger partial charge < -0.3 is 10.8 Å². The van der Waals surface area contributed by atoms with Crippen LogP contribution in [0.4, 0.5) is 0 Å². The molecule has 1 heterocycles. The fourth-order valence-electron chi connectivity index (χ4n) is 0.500. The number of carbonyl (C=O) groups is 1. The van der Waals surface area contributed by atoms with Gasteiger partial charge in [0.05, 0.1) is 0 Å². The van der Waals surface area contributed by atoms with Crippen molar-refractivity contribution >= 4 is 5.97 Å². The van der Waals surface area contributed by atoms with E-state index in [9.17, 15) is 4.79 Å². The lowest BCUT2D eigenvalue weighted by atomic mass is 10.1. The molecule has 0 aromatic carbocycles. The number of carboxylic acids is 1. The van der Waals surface area contributed by atoms with Gasteiger partial charge in [0.1, 0.15) is 6.04 Å². The molecule has 0 bridgehead atoms. The van der Waals surface area contributed by atoms with E-state index in [2.05, 4.69) is 10.2 Å². The summed E-state index contributed by atoms with van der Waals surface area (Å²) in [6.07, 6.45) is 3.46. The number of nitrogens with zero attached hydrogens (tertiary/aromatic N) is 1. The highest BCUT2D eigenvalue weighted by Gasteiger charge is 2.14. The molecule has 0 amide bonds. The summed E-state index contributed by atoms with van der Waals surface area (Å²) >= 11 is 0. The van der Waals surface area contributed by atoms with Gasteiger partial charge in [0, 0.05) is 12.4 Å². The van der Waals surface area contributed by atoms with Crippen LogP contribution in [0.5, 0.6) is 0 Å². The molecule has 4 N–H and O–H groups in total. The average molecular weight is 185 g/mol. The van der Waals surface area contributed by atoms with Crippen LogP contribution in [0.2, 0.25) is 0 Å². The van der Waals surface area contributed by atoms with Crippen LogP contribution >= 0.6 is 0 Å². The summed E-state index contributed by atoms with van der Waals surface area (Å²) in [5.74, 6) is -0.910. The molecule has 1 atom stereocenters. The number of nitrogens with two attached hydrogens (primary N) is 1. The first-order chi connectivity index (χ1) is 6.05. The van der Waals surface area contributed by atoms with Gasteiger partial charge in [-0.05, 0) is 12.0 Å². The topological polar surface area (TPSA) is 92.0 Å². The molecular weight excluding hydrogens is 170 g/mol. The van der Waals surface area contributed by atoms with Gasteiger partial charge in [0.2, 0.25) is 0 Å². The molecule has 5 nitrogen and oxygen atoms in total. The summed E-state index contributed by atoms with van der Waals surface area (Å²) in [5, 5.41) is 14.4. The third kappa shape index (κ3) is 5.86. The molecule has 0 spiro atoms. The van der Waals surface area contributed by atoms with Gasteiger partial charge in [0.15, 0.2) is 0 Å². The summed E-state index contributed by atoms with van der Waals surface area (Å²) < 4.78 is 0. The maximum Gasteiger partial charge on any atom is 0.320 e. The SMILES string of the molecule is CC(C)C(N)C(=O)O.c1cn[nH]c1. The summed E-state index contributed by atoms with van der Waals surface area (Å²) in [4.78, 5) is 10.0. The number of carboxylic acid groups (broad SMARTS) is 1. The van der Waals surface area contributed by atoms with Crippen LogP contribution in [-0.4, -0.2) is 27.3 Å². The van der Waals surface area contributed by atoms with Crippen molar-refractivity contribution in [1.29, 1.82) is 0 Å². The Hall–Kier alpha value is -1.36. The number of H-pyrrole nitrogens is 1. The van der Waals surface area contributed by atoms with Crippen LogP contribution in [-0.2, 0) is 4.79 Å². The first-order valence-corrected chi connectivity index (χ1v) is 3.97. The average Bonchev–Trinajstić information content (AvgIpc) is 2.59. The normalized spacial score (nSPS) is 11.7. The lowest BCUT2D eigenvalue weighted by molar-refractivity contribution is -0.139. The first kappa shape index (κ1) is 11.6. The van der Waals surface area contributed by atoms with E-state index in [0.717, 1.165) is 0 Å². The summed E-state index contributed by atoms with van der Waals surface area (Å²) in [6, 6.07) is 1.12. The van der Waals surface area contributed by atoms with Crippen molar-refractivity contribution in [3.8, 4) is 0 Å². The van der Waals surface area contributed by atoms with Crippen LogP contribution in [0, 0.1) is 5.92 Å². The maximum absolute atomic E-state index is 10.0. The van der Waals surface area contributed by atoms with E-state index in [1.807, 2.05) is 6.07 Å². The predicted molar refractivity (Wildman–Crippen MR) is 49.0 cm³/mol. The van der Waals surface area contributed by atoms with Crippen molar-refractivity contribution in [2.75, 3.05) is 0 Å². The Labute approximate surface area is 77.0 Å². The third-order valence-electron chi connectivity index (χ3n) is 1.41. The summed E-state index contributed by atoms with van der Waals surface area (Å²) in [5.41, 5.74) is 5.16. The second kappa shape index (κ2) is 6.19. The van der Waals surface area contributed by atoms with E-state index >= 15 is 0 Å². The Morgan fingerprint density at radius 2 is 2.23 bits per heavy atom. The second-order valence-corrected chi connectivity index (χ2v) is 2.87. The highest BCUT2D eigenvalue weighted by atomic mass is 16.4. The van der Waals surface area contributed by atoms with Crippen molar-refractivity contribution < 1.29 is 9.90 Å². The van der Waals surface area contributed by atoms with Crippen LogP contribution < -0.4 is 5.73 Å². The molecule has 1 aromatic rings. The fraction of sp³-hybridized carbons (Fsp3) is 0.500. The molecule has 74 valence electrons. The Kier molecular flexibility index (Phi) is 5.54. The third-order valence-corrected chi connectivity index (χ3v) is 1.41. The molecule has 0 radical (unpaired) electrons. The largest absolute Gasteiger partial charge is 0.480 e. The number of hydrogen-bond donors (Lipinski definition) is 3. The van der Waals surface area contributed by atoms with Crippen molar-refractivity contribution in [3.05, 3.63) is 18.5 Å². The van der Waals surface area contributed by atoms with Gasteiger partial charge in [-0.2, -0.15) is 5.10 Å². The minimum Gasteiger partial charge on any atom is -0.480 e. The molecule has 0 saturated carbocycles. The monoisotopic (exact) mass is 185 g/mol. The maximum atomic E-state index is 10.0. The van der Waals surface area contributed by atoms with Gasteiger partial charge in [-0.15, -0.1) is 0 Å². The number of nitrogens with one attached hydrogen (secondary N) is 1. The van der Waals surface area contributed by atoms with E-state index in [1.54, 1.807) is 26.2 Å². The van der Waals surface area contributed by atoms with Crippen LogP contribution in [0.15, 0.2) is 18.5 Å². The van der Waals surface area contributed by atoms with Gasteiger partial charge in [-0.25, -0.2) is 0 Å². The van der Waals surface area contributed by atoms with E-state index < -0.39 is 12.0 Å². The molecule has 0 fully saturated rings. The van der Waals surface area contributed by atoms with E-state index in [-0.39, 0.29) is 5.92 Å². The molecular formula is C8H15N3O2.